The first-order valence-corrected chi connectivity index (χ1v) is 5.59. The molecule has 0 aliphatic carbocycles. The standard InChI is InChI=1S/C12H20O6/c1-6-9(17-7-2)12(18-8-3,10(13)15-4)11(14)16-5/h6,9H,1,7-8H2,2-5H3. The van der Waals surface area contributed by atoms with Gasteiger partial charge in [0.25, 0.3) is 5.60 Å². The van der Waals surface area contributed by atoms with E-state index >= 15 is 0 Å². The third-order valence-corrected chi connectivity index (χ3v) is 2.31. The average Bonchev–Trinajstić information content (AvgIpc) is 2.40. The summed E-state index contributed by atoms with van der Waals surface area (Å²) < 4.78 is 19.9. The largest absolute Gasteiger partial charge is 0.466 e. The van der Waals surface area contributed by atoms with Crippen molar-refractivity contribution >= 4 is 11.9 Å². The van der Waals surface area contributed by atoms with E-state index in [0.717, 1.165) is 14.2 Å². The lowest BCUT2D eigenvalue weighted by molar-refractivity contribution is -0.202. The van der Waals surface area contributed by atoms with Crippen molar-refractivity contribution < 1.29 is 28.5 Å². The second kappa shape index (κ2) is 7.84. The van der Waals surface area contributed by atoms with Gasteiger partial charge in [0.05, 0.1) is 14.2 Å². The molecule has 0 spiro atoms. The van der Waals surface area contributed by atoms with Crippen LogP contribution in [0, 0.1) is 0 Å². The highest BCUT2D eigenvalue weighted by Gasteiger charge is 2.56. The monoisotopic (exact) mass is 260 g/mol. The van der Waals surface area contributed by atoms with E-state index in [1.165, 1.54) is 6.08 Å². The van der Waals surface area contributed by atoms with Gasteiger partial charge in [0.2, 0.25) is 0 Å². The Balaban J connectivity index is 5.62. The first-order chi connectivity index (χ1) is 8.54. The molecule has 0 rings (SSSR count). The Kier molecular flexibility index (Phi) is 7.23. The second-order valence-corrected chi connectivity index (χ2v) is 3.26. The van der Waals surface area contributed by atoms with Gasteiger partial charge in [-0.25, -0.2) is 9.59 Å². The fourth-order valence-electron chi connectivity index (χ4n) is 1.58. The number of hydrogen-bond donors (Lipinski definition) is 0. The van der Waals surface area contributed by atoms with Gasteiger partial charge in [-0.2, -0.15) is 0 Å². The van der Waals surface area contributed by atoms with Crippen LogP contribution in [-0.4, -0.2) is 51.1 Å². The zero-order chi connectivity index (χ0) is 14.2. The normalized spacial score (nSPS) is 12.7. The third-order valence-electron chi connectivity index (χ3n) is 2.31. The maximum Gasteiger partial charge on any atom is 0.353 e. The van der Waals surface area contributed by atoms with Crippen LogP contribution in [0.4, 0.5) is 0 Å². The van der Waals surface area contributed by atoms with Gasteiger partial charge in [0.1, 0.15) is 6.10 Å². The van der Waals surface area contributed by atoms with Crippen molar-refractivity contribution in [3.05, 3.63) is 12.7 Å². The first-order valence-electron chi connectivity index (χ1n) is 5.59. The SMILES string of the molecule is C=CC(OCC)C(OCC)(C(=O)OC)C(=O)OC. The molecule has 0 saturated heterocycles. The van der Waals surface area contributed by atoms with Gasteiger partial charge in [0.15, 0.2) is 0 Å². The Labute approximate surface area is 107 Å². The van der Waals surface area contributed by atoms with Gasteiger partial charge in [-0.05, 0) is 13.8 Å². The molecule has 6 heteroatoms. The maximum absolute atomic E-state index is 11.9. The summed E-state index contributed by atoms with van der Waals surface area (Å²) in [5.41, 5.74) is -1.98. The molecule has 0 saturated carbocycles. The van der Waals surface area contributed by atoms with Crippen LogP contribution in [0.25, 0.3) is 0 Å². The fraction of sp³-hybridized carbons (Fsp3) is 0.667. The molecule has 0 aliphatic heterocycles. The number of carbonyl (C=O) groups excluding carboxylic acids is 2. The van der Waals surface area contributed by atoms with Gasteiger partial charge in [-0.3, -0.25) is 0 Å². The van der Waals surface area contributed by atoms with Gasteiger partial charge >= 0.3 is 11.9 Å². The molecule has 1 unspecified atom stereocenters. The van der Waals surface area contributed by atoms with E-state index in [0.29, 0.717) is 0 Å². The number of esters is 2. The molecule has 0 N–H and O–H groups in total. The van der Waals surface area contributed by atoms with Gasteiger partial charge in [0, 0.05) is 13.2 Å². The van der Waals surface area contributed by atoms with Crippen molar-refractivity contribution in [1.82, 2.24) is 0 Å². The van der Waals surface area contributed by atoms with Crippen molar-refractivity contribution in [2.24, 2.45) is 0 Å². The molecule has 18 heavy (non-hydrogen) atoms. The molecule has 0 fully saturated rings. The molecule has 104 valence electrons. The average molecular weight is 260 g/mol. The lowest BCUT2D eigenvalue weighted by atomic mass is 9.96. The van der Waals surface area contributed by atoms with E-state index in [1.807, 2.05) is 0 Å². The van der Waals surface area contributed by atoms with Crippen molar-refractivity contribution in [3.63, 3.8) is 0 Å². The number of methoxy groups -OCH3 is 2. The number of rotatable bonds is 8. The molecule has 0 heterocycles. The summed E-state index contributed by atoms with van der Waals surface area (Å²) in [6.45, 7) is 7.30. The fourth-order valence-corrected chi connectivity index (χ4v) is 1.58. The minimum atomic E-state index is -1.98. The second-order valence-electron chi connectivity index (χ2n) is 3.26. The van der Waals surface area contributed by atoms with E-state index in [1.54, 1.807) is 13.8 Å². The van der Waals surface area contributed by atoms with Gasteiger partial charge in [-0.15, -0.1) is 6.58 Å². The van der Waals surface area contributed by atoms with Crippen LogP contribution in [0.2, 0.25) is 0 Å². The highest BCUT2D eigenvalue weighted by atomic mass is 16.6. The van der Waals surface area contributed by atoms with E-state index in [9.17, 15) is 9.59 Å². The van der Waals surface area contributed by atoms with Crippen molar-refractivity contribution in [1.29, 1.82) is 0 Å². The predicted molar refractivity (Wildman–Crippen MR) is 64.0 cm³/mol. The summed E-state index contributed by atoms with van der Waals surface area (Å²) in [6.07, 6.45) is 0.329. The van der Waals surface area contributed by atoms with Crippen LogP contribution < -0.4 is 0 Å². The third kappa shape index (κ3) is 3.08. The zero-order valence-electron chi connectivity index (χ0n) is 11.2. The Morgan fingerprint density at radius 1 is 1.17 bits per heavy atom. The van der Waals surface area contributed by atoms with E-state index in [2.05, 4.69) is 16.1 Å². The lowest BCUT2D eigenvalue weighted by Crippen LogP contribution is -2.59. The van der Waals surface area contributed by atoms with Gasteiger partial charge < -0.3 is 18.9 Å². The molecule has 6 nitrogen and oxygen atoms in total. The van der Waals surface area contributed by atoms with E-state index in [4.69, 9.17) is 9.47 Å². The first kappa shape index (κ1) is 16.6. The highest BCUT2D eigenvalue weighted by molar-refractivity contribution is 6.04. The number of carbonyl (C=O) groups is 2. The molecule has 0 aromatic heterocycles. The van der Waals surface area contributed by atoms with Crippen LogP contribution >= 0.6 is 0 Å². The molecule has 0 aromatic carbocycles. The topological polar surface area (TPSA) is 71.1 Å². The van der Waals surface area contributed by atoms with E-state index in [-0.39, 0.29) is 13.2 Å². The summed E-state index contributed by atoms with van der Waals surface area (Å²) in [5.74, 6) is -1.76. The maximum atomic E-state index is 11.9. The number of hydrogen-bond acceptors (Lipinski definition) is 6. The van der Waals surface area contributed by atoms with Crippen LogP contribution in [-0.2, 0) is 28.5 Å². The summed E-state index contributed by atoms with van der Waals surface area (Å²) in [6, 6.07) is 0. The highest BCUT2D eigenvalue weighted by Crippen LogP contribution is 2.24. The Bertz CT molecular complexity index is 283. The molecule has 0 aromatic rings. The van der Waals surface area contributed by atoms with Crippen LogP contribution in [0.15, 0.2) is 12.7 Å². The molecule has 0 amide bonds. The molecular formula is C12H20O6. The Morgan fingerprint density at radius 3 is 1.94 bits per heavy atom. The molecule has 1 atom stereocenters. The zero-order valence-corrected chi connectivity index (χ0v) is 11.2. The summed E-state index contributed by atoms with van der Waals surface area (Å²) in [4.78, 5) is 23.8. The predicted octanol–water partition coefficient (Wildman–Crippen LogP) is 0.699. The van der Waals surface area contributed by atoms with Crippen LogP contribution in [0.1, 0.15) is 13.8 Å². The Morgan fingerprint density at radius 2 is 1.67 bits per heavy atom. The summed E-state index contributed by atoms with van der Waals surface area (Å²) in [5, 5.41) is 0. The summed E-state index contributed by atoms with van der Waals surface area (Å²) >= 11 is 0. The quantitative estimate of drug-likeness (QED) is 0.363. The Hall–Kier alpha value is -1.40. The van der Waals surface area contributed by atoms with Gasteiger partial charge in [-0.1, -0.05) is 6.08 Å². The lowest BCUT2D eigenvalue weighted by Gasteiger charge is -2.33. The molecule has 0 aliphatic rings. The van der Waals surface area contributed by atoms with Crippen molar-refractivity contribution in [2.75, 3.05) is 27.4 Å². The number of ether oxygens (including phenoxy) is 4. The van der Waals surface area contributed by atoms with Crippen molar-refractivity contribution in [3.8, 4) is 0 Å². The minimum Gasteiger partial charge on any atom is -0.466 e. The smallest absolute Gasteiger partial charge is 0.353 e. The molecule has 0 bridgehead atoms. The van der Waals surface area contributed by atoms with Crippen LogP contribution in [0.5, 0.6) is 0 Å². The molecular weight excluding hydrogens is 240 g/mol. The van der Waals surface area contributed by atoms with E-state index < -0.39 is 23.6 Å². The van der Waals surface area contributed by atoms with Crippen molar-refractivity contribution in [2.45, 2.75) is 25.6 Å². The van der Waals surface area contributed by atoms with Crippen LogP contribution in [0.3, 0.4) is 0 Å². The summed E-state index contributed by atoms with van der Waals surface area (Å²) in [7, 11) is 2.32. The minimum absolute atomic E-state index is 0.113. The molecule has 0 radical (unpaired) electrons.